The molecule has 4 rings (SSSR count). The molecule has 0 aromatic carbocycles. The highest BCUT2D eigenvalue weighted by atomic mass is 16.6. The number of carbonyl (C=O) groups is 2. The highest BCUT2D eigenvalue weighted by molar-refractivity contribution is 6.05. The average Bonchev–Trinajstić information content (AvgIpc) is 3.27. The molecule has 0 spiro atoms. The zero-order valence-corrected chi connectivity index (χ0v) is 20.7. The first-order chi connectivity index (χ1) is 17.5. The Labute approximate surface area is 210 Å². The maximum atomic E-state index is 13.3. The fourth-order valence-electron chi connectivity index (χ4n) is 3.41. The lowest BCUT2D eigenvalue weighted by Gasteiger charge is -2.25. The van der Waals surface area contributed by atoms with Crippen molar-refractivity contribution < 1.29 is 28.7 Å². The summed E-state index contributed by atoms with van der Waals surface area (Å²) in [7, 11) is 2.90. The Morgan fingerprint density at radius 1 is 1.19 bits per heavy atom. The van der Waals surface area contributed by atoms with Crippen molar-refractivity contribution in [2.24, 2.45) is 0 Å². The smallest absolute Gasteiger partial charge is 0.414 e. The zero-order chi connectivity index (χ0) is 26.9. The van der Waals surface area contributed by atoms with Crippen LogP contribution in [0.5, 0.6) is 5.75 Å². The molecule has 0 aliphatic carbocycles. The fourth-order valence-corrected chi connectivity index (χ4v) is 3.41. The van der Waals surface area contributed by atoms with Gasteiger partial charge in [0.1, 0.15) is 22.6 Å². The van der Waals surface area contributed by atoms with Crippen molar-refractivity contribution in [1.29, 1.82) is 0 Å². The molecule has 13 heteroatoms. The summed E-state index contributed by atoms with van der Waals surface area (Å²) in [6.07, 6.45) is 2.34. The lowest BCUT2D eigenvalue weighted by atomic mass is 10.2. The van der Waals surface area contributed by atoms with E-state index in [1.165, 1.54) is 43.3 Å². The van der Waals surface area contributed by atoms with Gasteiger partial charge in [0.2, 0.25) is 0 Å². The molecule has 1 amide bonds. The Balaban J connectivity index is 1.81. The Hall–Kier alpha value is -4.94. The number of carbonyl (C=O) groups excluding carboxylic acids is 1. The predicted octanol–water partition coefficient (Wildman–Crippen LogP) is 3.59. The van der Waals surface area contributed by atoms with Gasteiger partial charge in [-0.2, -0.15) is 0 Å². The standard InChI is InChI=1S/C24H24N6O7/c1-24(2,3)36-23(34)29(4)14-12-16(27-18-17(14)28-37-19(18)22(32)33)26-13-8-7-11-30(21(13)31)20-15(35-5)9-6-10-25-20/h6-12H,1-5H3,(H,26,27)(H,32,33). The van der Waals surface area contributed by atoms with Crippen molar-refractivity contribution in [1.82, 2.24) is 19.7 Å². The zero-order valence-electron chi connectivity index (χ0n) is 20.7. The predicted molar refractivity (Wildman–Crippen MR) is 133 cm³/mol. The van der Waals surface area contributed by atoms with E-state index in [-0.39, 0.29) is 34.0 Å². The minimum Gasteiger partial charge on any atom is -0.493 e. The number of aromatic carboxylic acids is 1. The van der Waals surface area contributed by atoms with Crippen molar-refractivity contribution in [3.8, 4) is 11.6 Å². The molecule has 0 aliphatic rings. The van der Waals surface area contributed by atoms with Crippen LogP contribution in [0.3, 0.4) is 0 Å². The number of rotatable bonds is 6. The summed E-state index contributed by atoms with van der Waals surface area (Å²) >= 11 is 0. The maximum absolute atomic E-state index is 13.3. The molecule has 37 heavy (non-hydrogen) atoms. The van der Waals surface area contributed by atoms with E-state index in [1.54, 1.807) is 39.0 Å². The van der Waals surface area contributed by atoms with Gasteiger partial charge in [-0.05, 0) is 45.0 Å². The van der Waals surface area contributed by atoms with Crippen molar-refractivity contribution in [2.45, 2.75) is 26.4 Å². The number of pyridine rings is 3. The number of methoxy groups -OCH3 is 1. The number of anilines is 3. The second-order valence-corrected chi connectivity index (χ2v) is 8.83. The Morgan fingerprint density at radius 3 is 2.62 bits per heavy atom. The summed E-state index contributed by atoms with van der Waals surface area (Å²) in [4.78, 5) is 47.4. The molecule has 0 bridgehead atoms. The van der Waals surface area contributed by atoms with Crippen molar-refractivity contribution in [3.63, 3.8) is 0 Å². The SMILES string of the molecule is COc1cccnc1-n1cccc(Nc2cc(N(C)C(=O)OC(C)(C)C)c3noc(C(=O)O)c3n2)c1=O. The highest BCUT2D eigenvalue weighted by Gasteiger charge is 2.27. The normalized spacial score (nSPS) is 11.3. The van der Waals surface area contributed by atoms with Crippen LogP contribution in [0.2, 0.25) is 0 Å². The second kappa shape index (κ2) is 9.60. The van der Waals surface area contributed by atoms with Gasteiger partial charge in [-0.1, -0.05) is 5.16 Å². The maximum Gasteiger partial charge on any atom is 0.414 e. The lowest BCUT2D eigenvalue weighted by Crippen LogP contribution is -2.34. The number of amides is 1. The van der Waals surface area contributed by atoms with Crippen LogP contribution >= 0.6 is 0 Å². The van der Waals surface area contributed by atoms with Crippen LogP contribution in [0.25, 0.3) is 16.9 Å². The van der Waals surface area contributed by atoms with Crippen LogP contribution in [0.4, 0.5) is 22.0 Å². The van der Waals surface area contributed by atoms with Crippen LogP contribution < -0.4 is 20.5 Å². The molecular formula is C24H24N6O7. The fraction of sp³-hybridized carbons (Fsp3) is 0.250. The van der Waals surface area contributed by atoms with E-state index in [1.807, 2.05) is 0 Å². The van der Waals surface area contributed by atoms with Crippen LogP contribution in [0.1, 0.15) is 31.3 Å². The molecule has 0 unspecified atom stereocenters. The number of nitrogens with one attached hydrogen (secondary N) is 1. The molecular weight excluding hydrogens is 484 g/mol. The van der Waals surface area contributed by atoms with Gasteiger partial charge in [0.25, 0.3) is 11.3 Å². The lowest BCUT2D eigenvalue weighted by molar-refractivity contribution is 0.0588. The van der Waals surface area contributed by atoms with Gasteiger partial charge < -0.3 is 24.4 Å². The van der Waals surface area contributed by atoms with E-state index < -0.39 is 29.0 Å². The van der Waals surface area contributed by atoms with Gasteiger partial charge in [0, 0.05) is 25.5 Å². The van der Waals surface area contributed by atoms with Gasteiger partial charge >= 0.3 is 12.1 Å². The number of hydrogen-bond acceptors (Lipinski definition) is 10. The molecule has 4 aromatic rings. The van der Waals surface area contributed by atoms with E-state index in [4.69, 9.17) is 14.0 Å². The molecule has 0 aliphatic heterocycles. The molecule has 192 valence electrons. The Kier molecular flexibility index (Phi) is 6.53. The minimum absolute atomic E-state index is 0.0278. The van der Waals surface area contributed by atoms with Crippen LogP contribution in [-0.4, -0.2) is 56.6 Å². The summed E-state index contributed by atoms with van der Waals surface area (Å²) < 4.78 is 17.0. The summed E-state index contributed by atoms with van der Waals surface area (Å²) in [5.74, 6) is -1.20. The van der Waals surface area contributed by atoms with E-state index >= 15 is 0 Å². The first-order valence-electron chi connectivity index (χ1n) is 11.0. The van der Waals surface area contributed by atoms with Gasteiger partial charge in [-0.3, -0.25) is 14.3 Å². The molecule has 4 aromatic heterocycles. The highest BCUT2D eigenvalue weighted by Crippen LogP contribution is 2.31. The number of carboxylic acid groups (broad SMARTS) is 1. The average molecular weight is 508 g/mol. The number of fused-ring (bicyclic) bond motifs is 1. The van der Waals surface area contributed by atoms with Crippen LogP contribution in [-0.2, 0) is 4.74 Å². The van der Waals surface area contributed by atoms with Gasteiger partial charge in [0.15, 0.2) is 17.1 Å². The van der Waals surface area contributed by atoms with Crippen molar-refractivity contribution in [3.05, 3.63) is 58.8 Å². The monoisotopic (exact) mass is 508 g/mol. The molecule has 0 radical (unpaired) electrons. The third-order valence-corrected chi connectivity index (χ3v) is 5.05. The van der Waals surface area contributed by atoms with Gasteiger partial charge in [0.05, 0.1) is 12.8 Å². The summed E-state index contributed by atoms with van der Waals surface area (Å²) in [5.41, 5.74) is -1.10. The Bertz CT molecular complexity index is 1550. The minimum atomic E-state index is -1.40. The third-order valence-electron chi connectivity index (χ3n) is 5.05. The van der Waals surface area contributed by atoms with Gasteiger partial charge in [-0.15, -0.1) is 0 Å². The number of hydrogen-bond donors (Lipinski definition) is 2. The largest absolute Gasteiger partial charge is 0.493 e. The first kappa shape index (κ1) is 25.2. The molecule has 13 nitrogen and oxygen atoms in total. The Morgan fingerprint density at radius 2 is 1.95 bits per heavy atom. The number of carboxylic acids is 1. The van der Waals surface area contributed by atoms with E-state index in [0.29, 0.717) is 5.75 Å². The van der Waals surface area contributed by atoms with Gasteiger partial charge in [-0.25, -0.2) is 19.6 Å². The second-order valence-electron chi connectivity index (χ2n) is 8.83. The van der Waals surface area contributed by atoms with E-state index in [9.17, 15) is 19.5 Å². The van der Waals surface area contributed by atoms with Crippen molar-refractivity contribution in [2.75, 3.05) is 24.4 Å². The topological polar surface area (TPSA) is 162 Å². The quantitative estimate of drug-likeness (QED) is 0.391. The van der Waals surface area contributed by atoms with E-state index in [2.05, 4.69) is 20.4 Å². The summed E-state index contributed by atoms with van der Waals surface area (Å²) in [5, 5.41) is 16.2. The molecule has 0 saturated heterocycles. The molecule has 2 N–H and O–H groups in total. The summed E-state index contributed by atoms with van der Waals surface area (Å²) in [6.45, 7) is 5.14. The molecule has 0 atom stereocenters. The van der Waals surface area contributed by atoms with Crippen LogP contribution in [0.15, 0.2) is 52.0 Å². The number of ether oxygens (including phenoxy) is 2. The molecule has 4 heterocycles. The summed E-state index contributed by atoms with van der Waals surface area (Å²) in [6, 6.07) is 7.91. The third kappa shape index (κ3) is 5.05. The molecule has 0 saturated carbocycles. The van der Waals surface area contributed by atoms with E-state index in [0.717, 1.165) is 4.90 Å². The number of nitrogens with zero attached hydrogens (tertiary/aromatic N) is 5. The van der Waals surface area contributed by atoms with Crippen LogP contribution in [0, 0.1) is 0 Å². The van der Waals surface area contributed by atoms with Crippen molar-refractivity contribution >= 4 is 40.3 Å². The first-order valence-corrected chi connectivity index (χ1v) is 11.0. The number of aromatic nitrogens is 4. The molecule has 0 fully saturated rings.